The molecule has 27 heavy (non-hydrogen) atoms. The molecule has 7 nitrogen and oxygen atoms in total. The van der Waals surface area contributed by atoms with Crippen molar-refractivity contribution in [1.82, 2.24) is 24.7 Å². The van der Waals surface area contributed by atoms with Crippen LogP contribution >= 0.6 is 0 Å². The van der Waals surface area contributed by atoms with Gasteiger partial charge in [-0.15, -0.1) is 0 Å². The Morgan fingerprint density at radius 3 is 2.67 bits per heavy atom. The fourth-order valence-electron chi connectivity index (χ4n) is 2.69. The number of nitrogens with one attached hydrogen (secondary N) is 1. The lowest BCUT2D eigenvalue weighted by atomic mass is 10.2. The molecule has 1 N–H and O–H groups in total. The molecule has 4 aromatic rings. The van der Waals surface area contributed by atoms with Gasteiger partial charge < -0.3 is 5.32 Å². The Hall–Kier alpha value is -3.87. The topological polar surface area (TPSA) is 85.6 Å². The molecule has 0 aromatic carbocycles. The second kappa shape index (κ2) is 7.17. The van der Waals surface area contributed by atoms with E-state index >= 15 is 0 Å². The standard InChI is InChI=1S/C20H16N6O/c1-26-13-18(19(25-26)16-7-2-3-11-22-16)24-20(27)17-9-4-8-15(23-17)14-6-5-10-21-12-14/h2-13H,1H3,(H,24,27). The fourth-order valence-corrected chi connectivity index (χ4v) is 2.69. The first kappa shape index (κ1) is 16.6. The summed E-state index contributed by atoms with van der Waals surface area (Å²) in [4.78, 5) is 25.6. The third kappa shape index (κ3) is 3.57. The van der Waals surface area contributed by atoms with Crippen molar-refractivity contribution >= 4 is 11.6 Å². The van der Waals surface area contributed by atoms with Gasteiger partial charge in [0.2, 0.25) is 0 Å². The second-order valence-electron chi connectivity index (χ2n) is 5.88. The van der Waals surface area contributed by atoms with Crippen molar-refractivity contribution in [3.05, 3.63) is 79.0 Å². The Balaban J connectivity index is 1.63. The Morgan fingerprint density at radius 2 is 1.89 bits per heavy atom. The van der Waals surface area contributed by atoms with E-state index in [0.717, 1.165) is 5.56 Å². The minimum Gasteiger partial charge on any atom is -0.317 e. The summed E-state index contributed by atoms with van der Waals surface area (Å²) in [7, 11) is 1.80. The average molecular weight is 356 g/mol. The van der Waals surface area contributed by atoms with Gasteiger partial charge >= 0.3 is 0 Å². The number of hydrogen-bond donors (Lipinski definition) is 1. The van der Waals surface area contributed by atoms with Gasteiger partial charge in [-0.1, -0.05) is 12.1 Å². The molecule has 0 saturated carbocycles. The zero-order valence-electron chi connectivity index (χ0n) is 14.6. The fraction of sp³-hybridized carbons (Fsp3) is 0.0500. The van der Waals surface area contributed by atoms with Crippen molar-refractivity contribution in [3.63, 3.8) is 0 Å². The number of aryl methyl sites for hydroxylation is 1. The van der Waals surface area contributed by atoms with Crippen LogP contribution in [-0.4, -0.2) is 30.6 Å². The lowest BCUT2D eigenvalue weighted by Gasteiger charge is -2.06. The first-order chi connectivity index (χ1) is 13.2. The highest BCUT2D eigenvalue weighted by molar-refractivity contribution is 6.04. The van der Waals surface area contributed by atoms with Crippen LogP contribution in [0.1, 0.15) is 10.5 Å². The third-order valence-corrected chi connectivity index (χ3v) is 3.92. The highest BCUT2D eigenvalue weighted by Crippen LogP contribution is 2.25. The summed E-state index contributed by atoms with van der Waals surface area (Å²) >= 11 is 0. The van der Waals surface area contributed by atoms with Gasteiger partial charge in [0.1, 0.15) is 11.4 Å². The monoisotopic (exact) mass is 356 g/mol. The Bertz CT molecular complexity index is 1080. The molecule has 0 atom stereocenters. The molecule has 132 valence electrons. The van der Waals surface area contributed by atoms with E-state index in [4.69, 9.17) is 0 Å². The summed E-state index contributed by atoms with van der Waals surface area (Å²) in [6, 6.07) is 14.6. The number of amides is 1. The SMILES string of the molecule is Cn1cc(NC(=O)c2cccc(-c3cccnc3)n2)c(-c2ccccn2)n1. The highest BCUT2D eigenvalue weighted by atomic mass is 16.1. The number of pyridine rings is 3. The Morgan fingerprint density at radius 1 is 1.00 bits per heavy atom. The number of rotatable bonds is 4. The lowest BCUT2D eigenvalue weighted by Crippen LogP contribution is -2.14. The Labute approximate surface area is 155 Å². The molecule has 4 rings (SSSR count). The summed E-state index contributed by atoms with van der Waals surface area (Å²) in [5, 5.41) is 7.29. The van der Waals surface area contributed by atoms with E-state index in [1.165, 1.54) is 0 Å². The van der Waals surface area contributed by atoms with Gasteiger partial charge in [-0.2, -0.15) is 5.10 Å². The number of carbonyl (C=O) groups excluding carboxylic acids is 1. The summed E-state index contributed by atoms with van der Waals surface area (Å²) in [5.41, 5.74) is 3.72. The predicted molar refractivity (Wildman–Crippen MR) is 102 cm³/mol. The van der Waals surface area contributed by atoms with E-state index in [1.54, 1.807) is 48.6 Å². The summed E-state index contributed by atoms with van der Waals surface area (Å²) in [6.45, 7) is 0. The predicted octanol–water partition coefficient (Wildman–Crippen LogP) is 3.19. The quantitative estimate of drug-likeness (QED) is 0.607. The molecule has 4 aromatic heterocycles. The van der Waals surface area contributed by atoms with Crippen LogP contribution in [0.3, 0.4) is 0 Å². The van der Waals surface area contributed by atoms with E-state index in [2.05, 4.69) is 25.4 Å². The molecule has 4 heterocycles. The molecule has 7 heteroatoms. The molecular weight excluding hydrogens is 340 g/mol. The van der Waals surface area contributed by atoms with Gasteiger partial charge in [0.25, 0.3) is 5.91 Å². The maximum atomic E-state index is 12.7. The molecule has 0 fully saturated rings. The minimum atomic E-state index is -0.314. The van der Waals surface area contributed by atoms with Gasteiger partial charge in [0.05, 0.1) is 17.1 Å². The zero-order chi connectivity index (χ0) is 18.6. The van der Waals surface area contributed by atoms with Crippen LogP contribution in [0.4, 0.5) is 5.69 Å². The average Bonchev–Trinajstić information content (AvgIpc) is 3.09. The minimum absolute atomic E-state index is 0.312. The maximum Gasteiger partial charge on any atom is 0.274 e. The van der Waals surface area contributed by atoms with Gasteiger partial charge in [-0.05, 0) is 36.4 Å². The van der Waals surface area contributed by atoms with Crippen molar-refractivity contribution in [2.75, 3.05) is 5.32 Å². The summed E-state index contributed by atoms with van der Waals surface area (Å²) < 4.78 is 1.64. The first-order valence-electron chi connectivity index (χ1n) is 8.34. The number of nitrogens with zero attached hydrogens (tertiary/aromatic N) is 5. The molecule has 0 spiro atoms. The van der Waals surface area contributed by atoms with E-state index in [9.17, 15) is 4.79 Å². The van der Waals surface area contributed by atoms with Crippen molar-refractivity contribution < 1.29 is 4.79 Å². The van der Waals surface area contributed by atoms with Crippen molar-refractivity contribution in [3.8, 4) is 22.6 Å². The van der Waals surface area contributed by atoms with Crippen molar-refractivity contribution in [2.24, 2.45) is 7.05 Å². The molecule has 0 aliphatic carbocycles. The molecule has 0 radical (unpaired) electrons. The molecule has 0 saturated heterocycles. The number of hydrogen-bond acceptors (Lipinski definition) is 5. The molecule has 0 aliphatic heterocycles. The van der Waals surface area contributed by atoms with Crippen molar-refractivity contribution in [1.29, 1.82) is 0 Å². The van der Waals surface area contributed by atoms with Crippen LogP contribution < -0.4 is 5.32 Å². The maximum absolute atomic E-state index is 12.7. The number of carbonyl (C=O) groups is 1. The van der Waals surface area contributed by atoms with E-state index in [-0.39, 0.29) is 5.91 Å². The lowest BCUT2D eigenvalue weighted by molar-refractivity contribution is 0.102. The van der Waals surface area contributed by atoms with Crippen molar-refractivity contribution in [2.45, 2.75) is 0 Å². The molecule has 0 aliphatic rings. The smallest absolute Gasteiger partial charge is 0.274 e. The van der Waals surface area contributed by atoms with E-state index in [1.807, 2.05) is 36.4 Å². The van der Waals surface area contributed by atoms with Crippen LogP contribution in [0, 0.1) is 0 Å². The van der Waals surface area contributed by atoms with Crippen LogP contribution in [-0.2, 0) is 7.05 Å². The molecular formula is C20H16N6O. The van der Waals surface area contributed by atoms with E-state index in [0.29, 0.717) is 28.5 Å². The zero-order valence-corrected chi connectivity index (χ0v) is 14.6. The van der Waals surface area contributed by atoms with Crippen LogP contribution in [0.5, 0.6) is 0 Å². The molecule has 0 bridgehead atoms. The summed E-state index contributed by atoms with van der Waals surface area (Å²) in [5.74, 6) is -0.314. The summed E-state index contributed by atoms with van der Waals surface area (Å²) in [6.07, 6.45) is 6.84. The number of anilines is 1. The second-order valence-corrected chi connectivity index (χ2v) is 5.88. The van der Waals surface area contributed by atoms with Gasteiger partial charge in [-0.3, -0.25) is 19.4 Å². The van der Waals surface area contributed by atoms with Crippen LogP contribution in [0.25, 0.3) is 22.6 Å². The first-order valence-corrected chi connectivity index (χ1v) is 8.34. The van der Waals surface area contributed by atoms with Gasteiger partial charge in [0.15, 0.2) is 0 Å². The van der Waals surface area contributed by atoms with E-state index < -0.39 is 0 Å². The Kier molecular flexibility index (Phi) is 4.40. The van der Waals surface area contributed by atoms with Crippen LogP contribution in [0.15, 0.2) is 73.3 Å². The third-order valence-electron chi connectivity index (χ3n) is 3.92. The largest absolute Gasteiger partial charge is 0.317 e. The van der Waals surface area contributed by atoms with Gasteiger partial charge in [-0.25, -0.2) is 4.98 Å². The highest BCUT2D eigenvalue weighted by Gasteiger charge is 2.16. The number of aromatic nitrogens is 5. The molecule has 0 unspecified atom stereocenters. The normalized spacial score (nSPS) is 10.6. The molecule has 1 amide bonds. The van der Waals surface area contributed by atoms with Gasteiger partial charge in [0, 0.05) is 37.4 Å². The van der Waals surface area contributed by atoms with Crippen LogP contribution in [0.2, 0.25) is 0 Å².